The van der Waals surface area contributed by atoms with Gasteiger partial charge in [0.25, 0.3) is 0 Å². The van der Waals surface area contributed by atoms with Crippen molar-refractivity contribution < 1.29 is 18.0 Å². The van der Waals surface area contributed by atoms with Gasteiger partial charge in [-0.15, -0.1) is 0 Å². The Kier molecular flexibility index (Phi) is 3.41. The minimum Gasteiger partial charge on any atom is -0.349 e. The maximum absolute atomic E-state index is 14.0. The average molecular weight is 291 g/mol. The fraction of sp³-hybridized carbons (Fsp3) is 0.188. The summed E-state index contributed by atoms with van der Waals surface area (Å²) in [7, 11) is 0. The number of carbonyl (C=O) groups excluding carboxylic acids is 1. The van der Waals surface area contributed by atoms with Gasteiger partial charge >= 0.3 is 0 Å². The number of hydrogen-bond acceptors (Lipinski definition) is 1. The molecule has 1 saturated heterocycles. The van der Waals surface area contributed by atoms with E-state index >= 15 is 0 Å². The predicted octanol–water partition coefficient (Wildman–Crippen LogP) is 3.45. The van der Waals surface area contributed by atoms with E-state index in [2.05, 4.69) is 5.32 Å². The molecule has 0 aliphatic carbocycles. The summed E-state index contributed by atoms with van der Waals surface area (Å²) in [6.07, 6.45) is 0.0432. The van der Waals surface area contributed by atoms with Crippen LogP contribution >= 0.6 is 0 Å². The van der Waals surface area contributed by atoms with Crippen molar-refractivity contribution in [2.24, 2.45) is 0 Å². The topological polar surface area (TPSA) is 29.1 Å². The van der Waals surface area contributed by atoms with Crippen LogP contribution in [0.3, 0.4) is 0 Å². The number of nitrogens with one attached hydrogen (secondary N) is 1. The third-order valence-corrected chi connectivity index (χ3v) is 3.72. The Hall–Kier alpha value is -2.30. The first-order valence-corrected chi connectivity index (χ1v) is 6.55. The standard InChI is InChI=1S/C16H12F3NO/c17-12-8-14(19)13(18)6-10(12)11-7-15(21)20-16(11)9-4-2-1-3-5-9/h1-6,8,11,16H,7H2,(H,20,21). The Morgan fingerprint density at radius 1 is 0.952 bits per heavy atom. The first-order chi connectivity index (χ1) is 10.1. The van der Waals surface area contributed by atoms with Crippen molar-refractivity contribution in [3.63, 3.8) is 0 Å². The van der Waals surface area contributed by atoms with E-state index in [0.717, 1.165) is 11.6 Å². The number of halogens is 3. The van der Waals surface area contributed by atoms with Gasteiger partial charge in [0.2, 0.25) is 5.91 Å². The lowest BCUT2D eigenvalue weighted by atomic mass is 9.87. The van der Waals surface area contributed by atoms with Crippen molar-refractivity contribution in [1.29, 1.82) is 0 Å². The van der Waals surface area contributed by atoms with Gasteiger partial charge in [-0.1, -0.05) is 30.3 Å². The molecule has 0 spiro atoms. The third kappa shape index (κ3) is 2.51. The highest BCUT2D eigenvalue weighted by Gasteiger charge is 2.36. The molecular weight excluding hydrogens is 279 g/mol. The lowest BCUT2D eigenvalue weighted by Crippen LogP contribution is -2.20. The van der Waals surface area contributed by atoms with Crippen LogP contribution in [-0.2, 0) is 4.79 Å². The molecule has 2 unspecified atom stereocenters. The van der Waals surface area contributed by atoms with Crippen molar-refractivity contribution in [2.45, 2.75) is 18.4 Å². The molecule has 5 heteroatoms. The molecule has 2 aromatic carbocycles. The molecule has 0 saturated carbocycles. The van der Waals surface area contributed by atoms with Gasteiger partial charge in [-0.3, -0.25) is 4.79 Å². The van der Waals surface area contributed by atoms with Gasteiger partial charge in [-0.05, 0) is 17.2 Å². The molecule has 3 rings (SSSR count). The van der Waals surface area contributed by atoms with E-state index in [1.54, 1.807) is 24.3 Å². The molecule has 0 aromatic heterocycles. The fourth-order valence-electron chi connectivity index (χ4n) is 2.74. The minimum atomic E-state index is -1.23. The van der Waals surface area contributed by atoms with Crippen LogP contribution in [0.25, 0.3) is 0 Å². The molecule has 1 aliphatic heterocycles. The summed E-state index contributed by atoms with van der Waals surface area (Å²) in [6.45, 7) is 0. The van der Waals surface area contributed by atoms with E-state index in [4.69, 9.17) is 0 Å². The molecule has 21 heavy (non-hydrogen) atoms. The number of rotatable bonds is 2. The number of carbonyl (C=O) groups is 1. The van der Waals surface area contributed by atoms with E-state index in [0.29, 0.717) is 6.07 Å². The first-order valence-electron chi connectivity index (χ1n) is 6.55. The summed E-state index contributed by atoms with van der Waals surface area (Å²) in [5.41, 5.74) is 0.818. The number of hydrogen-bond donors (Lipinski definition) is 1. The van der Waals surface area contributed by atoms with Gasteiger partial charge in [0.15, 0.2) is 11.6 Å². The molecule has 1 aliphatic rings. The van der Waals surface area contributed by atoms with Crippen LogP contribution in [0.4, 0.5) is 13.2 Å². The van der Waals surface area contributed by atoms with Crippen LogP contribution in [0.15, 0.2) is 42.5 Å². The molecule has 2 aromatic rings. The van der Waals surface area contributed by atoms with E-state index in [-0.39, 0.29) is 17.9 Å². The second-order valence-electron chi connectivity index (χ2n) is 5.05. The summed E-state index contributed by atoms with van der Waals surface area (Å²) in [5, 5.41) is 2.76. The second-order valence-corrected chi connectivity index (χ2v) is 5.05. The highest BCUT2D eigenvalue weighted by Crippen LogP contribution is 2.39. The average Bonchev–Trinajstić information content (AvgIpc) is 2.85. The van der Waals surface area contributed by atoms with E-state index in [1.807, 2.05) is 6.07 Å². The van der Waals surface area contributed by atoms with Crippen LogP contribution in [0, 0.1) is 17.5 Å². The Morgan fingerprint density at radius 2 is 1.62 bits per heavy atom. The van der Waals surface area contributed by atoms with Gasteiger partial charge in [0.1, 0.15) is 5.82 Å². The highest BCUT2D eigenvalue weighted by atomic mass is 19.2. The maximum Gasteiger partial charge on any atom is 0.221 e. The van der Waals surface area contributed by atoms with Gasteiger partial charge in [-0.25, -0.2) is 13.2 Å². The predicted molar refractivity (Wildman–Crippen MR) is 71.0 cm³/mol. The SMILES string of the molecule is O=C1CC(c2cc(F)c(F)cc2F)C(c2ccccc2)N1. The molecule has 1 N–H and O–H groups in total. The minimum absolute atomic E-state index is 0.0149. The van der Waals surface area contributed by atoms with Gasteiger partial charge in [-0.2, -0.15) is 0 Å². The fourth-order valence-corrected chi connectivity index (χ4v) is 2.74. The summed E-state index contributed by atoms with van der Waals surface area (Å²) >= 11 is 0. The van der Waals surface area contributed by atoms with Crippen LogP contribution < -0.4 is 5.32 Å². The van der Waals surface area contributed by atoms with Crippen LogP contribution in [0.2, 0.25) is 0 Å². The Morgan fingerprint density at radius 3 is 2.33 bits per heavy atom. The number of benzene rings is 2. The summed E-state index contributed by atoms with van der Waals surface area (Å²) in [5.74, 6) is -3.98. The molecule has 0 bridgehead atoms. The lowest BCUT2D eigenvalue weighted by Gasteiger charge is -2.20. The van der Waals surface area contributed by atoms with Crippen molar-refractivity contribution in [2.75, 3.05) is 0 Å². The molecule has 108 valence electrons. The van der Waals surface area contributed by atoms with Gasteiger partial charge in [0, 0.05) is 18.4 Å². The lowest BCUT2D eigenvalue weighted by molar-refractivity contribution is -0.119. The zero-order valence-electron chi connectivity index (χ0n) is 10.9. The van der Waals surface area contributed by atoms with E-state index in [9.17, 15) is 18.0 Å². The molecule has 1 heterocycles. The summed E-state index contributed by atoms with van der Waals surface area (Å²) in [4.78, 5) is 11.7. The molecule has 0 radical (unpaired) electrons. The highest BCUT2D eigenvalue weighted by molar-refractivity contribution is 5.80. The molecule has 1 fully saturated rings. The van der Waals surface area contributed by atoms with Crippen molar-refractivity contribution in [1.82, 2.24) is 5.32 Å². The Labute approximate surface area is 119 Å². The molecule has 2 atom stereocenters. The zero-order chi connectivity index (χ0) is 15.0. The van der Waals surface area contributed by atoms with Crippen molar-refractivity contribution in [3.8, 4) is 0 Å². The maximum atomic E-state index is 14.0. The Balaban J connectivity index is 2.04. The zero-order valence-corrected chi connectivity index (χ0v) is 10.9. The first kappa shape index (κ1) is 13.7. The van der Waals surface area contributed by atoms with E-state index in [1.165, 1.54) is 0 Å². The van der Waals surface area contributed by atoms with Crippen LogP contribution in [0.5, 0.6) is 0 Å². The molecule has 1 amide bonds. The molecular formula is C16H12F3NO. The quantitative estimate of drug-likeness (QED) is 0.844. The number of amides is 1. The van der Waals surface area contributed by atoms with Crippen molar-refractivity contribution >= 4 is 5.91 Å². The largest absolute Gasteiger partial charge is 0.349 e. The van der Waals surface area contributed by atoms with Crippen LogP contribution in [-0.4, -0.2) is 5.91 Å². The second kappa shape index (κ2) is 5.24. The van der Waals surface area contributed by atoms with Gasteiger partial charge in [0.05, 0.1) is 6.04 Å². The van der Waals surface area contributed by atoms with Crippen LogP contribution in [0.1, 0.15) is 29.5 Å². The van der Waals surface area contributed by atoms with Gasteiger partial charge < -0.3 is 5.32 Å². The molecule has 2 nitrogen and oxygen atoms in total. The van der Waals surface area contributed by atoms with Crippen molar-refractivity contribution in [3.05, 3.63) is 71.0 Å². The third-order valence-electron chi connectivity index (χ3n) is 3.72. The Bertz CT molecular complexity index is 687. The normalized spacial score (nSPS) is 21.4. The monoisotopic (exact) mass is 291 g/mol. The van der Waals surface area contributed by atoms with E-state index < -0.39 is 29.4 Å². The smallest absolute Gasteiger partial charge is 0.221 e. The summed E-state index contributed by atoms with van der Waals surface area (Å²) in [6, 6.07) is 9.96. The summed E-state index contributed by atoms with van der Waals surface area (Å²) < 4.78 is 40.4.